The van der Waals surface area contributed by atoms with Crippen molar-refractivity contribution in [1.29, 1.82) is 0 Å². The lowest BCUT2D eigenvalue weighted by Crippen LogP contribution is -2.35. The molecule has 70 valence electrons. The summed E-state index contributed by atoms with van der Waals surface area (Å²) < 4.78 is 0. The molecule has 1 rings (SSSR count). The molecule has 0 saturated carbocycles. The highest BCUT2D eigenvalue weighted by atomic mass is 15.3. The van der Waals surface area contributed by atoms with E-state index < -0.39 is 0 Å². The van der Waals surface area contributed by atoms with Crippen molar-refractivity contribution < 1.29 is 0 Å². The van der Waals surface area contributed by atoms with Gasteiger partial charge in [0.1, 0.15) is 6.67 Å². The summed E-state index contributed by atoms with van der Waals surface area (Å²) in [5.74, 6) is 0.710. The molecule has 5 heteroatoms. The van der Waals surface area contributed by atoms with Gasteiger partial charge in [-0.3, -0.25) is 0 Å². The van der Waals surface area contributed by atoms with Crippen LogP contribution in [0.3, 0.4) is 0 Å². The molecule has 0 saturated heterocycles. The molecular formula is C7H17N5. The summed E-state index contributed by atoms with van der Waals surface area (Å²) >= 11 is 0. The average Bonchev–Trinajstić information content (AvgIpc) is 2.05. The summed E-state index contributed by atoms with van der Waals surface area (Å²) in [6.45, 7) is 4.94. The Balaban J connectivity index is 0.00000121. The molecule has 0 amide bonds. The fraction of sp³-hybridized carbons (Fsp3) is 0.714. The number of hydrogen-bond donors (Lipinski definition) is 2. The van der Waals surface area contributed by atoms with Gasteiger partial charge >= 0.3 is 0 Å². The van der Waals surface area contributed by atoms with E-state index in [0.29, 0.717) is 18.7 Å². The van der Waals surface area contributed by atoms with Crippen LogP contribution in [0, 0.1) is 0 Å². The van der Waals surface area contributed by atoms with E-state index in [1.165, 1.54) is 0 Å². The van der Waals surface area contributed by atoms with E-state index >= 15 is 0 Å². The lowest BCUT2D eigenvalue weighted by Gasteiger charge is -2.24. The molecule has 12 heavy (non-hydrogen) atoms. The van der Waals surface area contributed by atoms with Crippen molar-refractivity contribution in [2.75, 3.05) is 13.7 Å². The van der Waals surface area contributed by atoms with Gasteiger partial charge in [-0.05, 0) is 13.8 Å². The summed E-state index contributed by atoms with van der Waals surface area (Å²) in [7, 11) is 1.82. The molecule has 4 N–H and O–H groups in total. The maximum Gasteiger partial charge on any atom is 0.220 e. The van der Waals surface area contributed by atoms with Crippen LogP contribution in [0.25, 0.3) is 0 Å². The van der Waals surface area contributed by atoms with Crippen LogP contribution in [0.4, 0.5) is 0 Å². The zero-order valence-corrected chi connectivity index (χ0v) is 7.91. The van der Waals surface area contributed by atoms with Crippen LogP contribution in [0.15, 0.2) is 9.98 Å². The van der Waals surface area contributed by atoms with Gasteiger partial charge in [0.2, 0.25) is 5.96 Å². The first-order valence-electron chi connectivity index (χ1n) is 3.76. The normalized spacial score (nSPS) is 15.7. The van der Waals surface area contributed by atoms with Gasteiger partial charge in [-0.15, -0.1) is 0 Å². The Morgan fingerprint density at radius 2 is 2.25 bits per heavy atom. The van der Waals surface area contributed by atoms with E-state index in [-0.39, 0.29) is 6.15 Å². The standard InChI is InChI=1S/C7H14N4.H3N/c1-6(2)11-4-9-7(8-3)10-5-11;/h4,6H,5H2,1-3H3,(H,8,10);1H3. The number of aliphatic imine (C=N–C) groups is 2. The van der Waals surface area contributed by atoms with Gasteiger partial charge in [-0.1, -0.05) is 0 Å². The van der Waals surface area contributed by atoms with Crippen molar-refractivity contribution in [3.05, 3.63) is 0 Å². The predicted molar refractivity (Wildman–Crippen MR) is 51.9 cm³/mol. The SMILES string of the molecule is CNC1=NCN(C(C)C)C=N1.N. The van der Waals surface area contributed by atoms with Crippen molar-refractivity contribution >= 4 is 12.3 Å². The Hall–Kier alpha value is -1.10. The Morgan fingerprint density at radius 3 is 2.58 bits per heavy atom. The van der Waals surface area contributed by atoms with E-state index in [9.17, 15) is 0 Å². The third-order valence-electron chi connectivity index (χ3n) is 1.60. The number of hydrogen-bond acceptors (Lipinski definition) is 5. The summed E-state index contributed by atoms with van der Waals surface area (Å²) in [5, 5.41) is 2.89. The van der Waals surface area contributed by atoms with Gasteiger partial charge in [-0.2, -0.15) is 0 Å². The highest BCUT2D eigenvalue weighted by Gasteiger charge is 2.07. The first-order valence-corrected chi connectivity index (χ1v) is 3.76. The minimum atomic E-state index is 0. The van der Waals surface area contributed by atoms with Crippen LogP contribution in [0.2, 0.25) is 0 Å². The fourth-order valence-corrected chi connectivity index (χ4v) is 0.795. The third-order valence-corrected chi connectivity index (χ3v) is 1.60. The van der Waals surface area contributed by atoms with Gasteiger partial charge in [0.05, 0.1) is 6.34 Å². The minimum absolute atomic E-state index is 0. The van der Waals surface area contributed by atoms with Crippen LogP contribution < -0.4 is 11.5 Å². The Kier molecular flexibility index (Phi) is 4.28. The molecule has 0 unspecified atom stereocenters. The molecule has 0 fully saturated rings. The van der Waals surface area contributed by atoms with E-state index in [4.69, 9.17) is 0 Å². The van der Waals surface area contributed by atoms with E-state index in [2.05, 4.69) is 34.0 Å². The second-order valence-corrected chi connectivity index (χ2v) is 2.73. The molecule has 0 aromatic heterocycles. The maximum atomic E-state index is 4.18. The average molecular weight is 171 g/mol. The second kappa shape index (κ2) is 4.71. The van der Waals surface area contributed by atoms with Crippen molar-refractivity contribution in [1.82, 2.24) is 16.4 Å². The third kappa shape index (κ3) is 2.50. The Bertz CT molecular complexity index is 184. The fourth-order valence-electron chi connectivity index (χ4n) is 0.795. The molecule has 0 bridgehead atoms. The molecule has 0 aliphatic carbocycles. The molecule has 0 radical (unpaired) electrons. The molecule has 1 aliphatic heterocycles. The lowest BCUT2D eigenvalue weighted by molar-refractivity contribution is 0.367. The number of nitrogens with zero attached hydrogens (tertiary/aromatic N) is 3. The molecule has 1 aliphatic rings. The number of rotatable bonds is 1. The molecule has 0 spiro atoms. The van der Waals surface area contributed by atoms with E-state index in [1.807, 2.05) is 13.4 Å². The van der Waals surface area contributed by atoms with Crippen molar-refractivity contribution in [2.24, 2.45) is 9.98 Å². The van der Waals surface area contributed by atoms with Gasteiger partial charge in [0.15, 0.2) is 0 Å². The van der Waals surface area contributed by atoms with Crippen molar-refractivity contribution in [2.45, 2.75) is 19.9 Å². The van der Waals surface area contributed by atoms with Crippen LogP contribution in [0.5, 0.6) is 0 Å². The predicted octanol–water partition coefficient (Wildman–Crippen LogP) is 0.434. The van der Waals surface area contributed by atoms with E-state index in [1.54, 1.807) is 0 Å². The quantitative estimate of drug-likeness (QED) is 0.601. The first kappa shape index (κ1) is 10.9. The summed E-state index contributed by atoms with van der Waals surface area (Å²) in [5.41, 5.74) is 0. The number of nitrogens with one attached hydrogen (secondary N) is 1. The highest BCUT2D eigenvalue weighted by molar-refractivity contribution is 5.88. The lowest BCUT2D eigenvalue weighted by atomic mass is 10.4. The number of guanidine groups is 1. The van der Waals surface area contributed by atoms with Gasteiger partial charge < -0.3 is 16.4 Å². The van der Waals surface area contributed by atoms with Crippen molar-refractivity contribution in [3.8, 4) is 0 Å². The monoisotopic (exact) mass is 171 g/mol. The zero-order valence-electron chi connectivity index (χ0n) is 7.91. The Morgan fingerprint density at radius 1 is 1.58 bits per heavy atom. The molecule has 0 atom stereocenters. The van der Waals surface area contributed by atoms with Crippen LogP contribution >= 0.6 is 0 Å². The molecule has 0 aromatic carbocycles. The minimum Gasteiger partial charge on any atom is -0.357 e. The first-order chi connectivity index (χ1) is 5.24. The van der Waals surface area contributed by atoms with Crippen LogP contribution in [-0.4, -0.2) is 37.0 Å². The molecule has 5 nitrogen and oxygen atoms in total. The van der Waals surface area contributed by atoms with Crippen molar-refractivity contribution in [3.63, 3.8) is 0 Å². The second-order valence-electron chi connectivity index (χ2n) is 2.73. The van der Waals surface area contributed by atoms with Gasteiger partial charge in [-0.25, -0.2) is 9.98 Å². The maximum absolute atomic E-state index is 4.18. The van der Waals surface area contributed by atoms with Crippen LogP contribution in [-0.2, 0) is 0 Å². The van der Waals surface area contributed by atoms with E-state index in [0.717, 1.165) is 0 Å². The Labute approximate surface area is 73.2 Å². The molecule has 1 heterocycles. The smallest absolute Gasteiger partial charge is 0.220 e. The van der Waals surface area contributed by atoms with Gasteiger partial charge in [0.25, 0.3) is 0 Å². The topological polar surface area (TPSA) is 75.0 Å². The summed E-state index contributed by atoms with van der Waals surface area (Å²) in [4.78, 5) is 10.3. The highest BCUT2D eigenvalue weighted by Crippen LogP contribution is 1.98. The van der Waals surface area contributed by atoms with Crippen LogP contribution in [0.1, 0.15) is 13.8 Å². The summed E-state index contributed by atoms with van der Waals surface area (Å²) in [6.07, 6.45) is 1.82. The zero-order chi connectivity index (χ0) is 8.27. The molecule has 0 aromatic rings. The van der Waals surface area contributed by atoms with Gasteiger partial charge in [0, 0.05) is 13.1 Å². The molecular weight excluding hydrogens is 154 g/mol. The largest absolute Gasteiger partial charge is 0.357 e. The summed E-state index contributed by atoms with van der Waals surface area (Å²) in [6, 6.07) is 0.473.